The third-order valence-corrected chi connectivity index (χ3v) is 5.27. The summed E-state index contributed by atoms with van der Waals surface area (Å²) in [7, 11) is 0. The van der Waals surface area contributed by atoms with Crippen molar-refractivity contribution < 1.29 is 4.84 Å². The molecule has 0 aromatic carbocycles. The lowest BCUT2D eigenvalue weighted by atomic mass is 10.0. The van der Waals surface area contributed by atoms with Gasteiger partial charge in [-0.2, -0.15) is 0 Å². The molecular weight excluding hydrogens is 280 g/mol. The minimum Gasteiger partial charge on any atom is -0.387 e. The first kappa shape index (κ1) is 16.4. The fraction of sp³-hybridized carbons (Fsp3) is 0.647. The van der Waals surface area contributed by atoms with E-state index in [-0.39, 0.29) is 6.04 Å². The quantitative estimate of drug-likeness (QED) is 0.799. The smallest absolute Gasteiger partial charge is 0.207 e. The molecule has 1 aliphatic rings. The third-order valence-electron chi connectivity index (χ3n) is 3.97. The van der Waals surface area contributed by atoms with Gasteiger partial charge in [-0.3, -0.25) is 0 Å². The highest BCUT2D eigenvalue weighted by atomic mass is 32.1. The van der Waals surface area contributed by atoms with E-state index in [9.17, 15) is 0 Å². The van der Waals surface area contributed by atoms with E-state index in [4.69, 9.17) is 10.6 Å². The summed E-state index contributed by atoms with van der Waals surface area (Å²) in [4.78, 5) is 8.50. The van der Waals surface area contributed by atoms with E-state index >= 15 is 0 Å². The number of aryl methyl sites for hydroxylation is 1. The molecule has 2 rings (SSSR count). The van der Waals surface area contributed by atoms with Crippen LogP contribution in [-0.2, 0) is 11.3 Å². The van der Waals surface area contributed by atoms with Crippen LogP contribution in [0.4, 0.5) is 0 Å². The van der Waals surface area contributed by atoms with Crippen molar-refractivity contribution >= 4 is 11.3 Å². The highest BCUT2D eigenvalue weighted by Crippen LogP contribution is 2.36. The third kappa shape index (κ3) is 4.24. The van der Waals surface area contributed by atoms with Crippen molar-refractivity contribution in [1.29, 1.82) is 0 Å². The van der Waals surface area contributed by atoms with Crippen molar-refractivity contribution in [2.24, 2.45) is 11.7 Å². The molecule has 118 valence electrons. The zero-order chi connectivity index (χ0) is 15.4. The lowest BCUT2D eigenvalue weighted by Gasteiger charge is -2.28. The summed E-state index contributed by atoms with van der Waals surface area (Å²) in [6, 6.07) is 4.97. The van der Waals surface area contributed by atoms with Crippen molar-refractivity contribution in [3.8, 4) is 0 Å². The van der Waals surface area contributed by atoms with Crippen molar-refractivity contribution in [2.45, 2.75) is 65.5 Å². The Hall–Kier alpha value is -1.00. The number of hydroxylamine groups is 2. The number of nitrogens with two attached hydrogens (primary N) is 1. The number of thiophene rings is 1. The molecule has 2 heterocycles. The zero-order valence-corrected chi connectivity index (χ0v) is 14.5. The first-order chi connectivity index (χ1) is 10.0. The number of hydrogen-bond acceptors (Lipinski definition) is 4. The molecule has 0 bridgehead atoms. The molecule has 1 aliphatic heterocycles. The molecule has 0 fully saturated rings. The van der Waals surface area contributed by atoms with Gasteiger partial charge in [-0.05, 0) is 37.8 Å². The van der Waals surface area contributed by atoms with Gasteiger partial charge in [-0.25, -0.2) is 0 Å². The maximum Gasteiger partial charge on any atom is 0.207 e. The Kier molecular flexibility index (Phi) is 5.71. The second-order valence-electron chi connectivity index (χ2n) is 6.30. The predicted octanol–water partition coefficient (Wildman–Crippen LogP) is 4.61. The largest absolute Gasteiger partial charge is 0.387 e. The molecule has 0 spiro atoms. The van der Waals surface area contributed by atoms with Gasteiger partial charge in [0.05, 0.1) is 0 Å². The summed E-state index contributed by atoms with van der Waals surface area (Å²) in [6.07, 6.45) is 6.76. The molecule has 2 N–H and O–H groups in total. The molecule has 4 heteroatoms. The average Bonchev–Trinajstić information content (AvgIpc) is 3.03. The second kappa shape index (κ2) is 7.32. The van der Waals surface area contributed by atoms with Crippen molar-refractivity contribution in [3.63, 3.8) is 0 Å². The van der Waals surface area contributed by atoms with E-state index in [2.05, 4.69) is 44.9 Å². The molecule has 0 radical (unpaired) electrons. The number of nitrogens with zero attached hydrogens (tertiary/aromatic N) is 1. The number of rotatable bonds is 7. The highest BCUT2D eigenvalue weighted by Gasteiger charge is 2.32. The van der Waals surface area contributed by atoms with E-state index in [1.807, 2.05) is 17.4 Å². The Morgan fingerprint density at radius 2 is 2.05 bits per heavy atom. The van der Waals surface area contributed by atoms with Crippen LogP contribution in [0.15, 0.2) is 24.1 Å². The zero-order valence-electron chi connectivity index (χ0n) is 13.6. The Bertz CT molecular complexity index is 481. The minimum absolute atomic E-state index is 0.171. The van der Waals surface area contributed by atoms with Crippen LogP contribution in [0, 0.1) is 5.92 Å². The maximum atomic E-state index is 5.91. The van der Waals surface area contributed by atoms with E-state index in [0.717, 1.165) is 18.8 Å². The first-order valence-corrected chi connectivity index (χ1v) is 8.85. The summed E-state index contributed by atoms with van der Waals surface area (Å²) in [5.74, 6) is 1.29. The fourth-order valence-electron chi connectivity index (χ4n) is 2.70. The van der Waals surface area contributed by atoms with E-state index in [1.54, 1.807) is 0 Å². The van der Waals surface area contributed by atoms with Gasteiger partial charge in [0.1, 0.15) is 6.04 Å². The number of hydrogen-bond donors (Lipinski definition) is 1. The molecule has 2 atom stereocenters. The molecule has 0 saturated carbocycles. The van der Waals surface area contributed by atoms with Gasteiger partial charge in [0, 0.05) is 21.9 Å². The van der Waals surface area contributed by atoms with E-state index in [1.165, 1.54) is 22.6 Å². The summed E-state index contributed by atoms with van der Waals surface area (Å²) < 4.78 is 0. The minimum atomic E-state index is 0.171. The summed E-state index contributed by atoms with van der Waals surface area (Å²) in [5.41, 5.74) is 5.91. The molecule has 0 saturated heterocycles. The van der Waals surface area contributed by atoms with E-state index in [0.29, 0.717) is 11.9 Å². The molecule has 0 aliphatic carbocycles. The summed E-state index contributed by atoms with van der Waals surface area (Å²) in [6.45, 7) is 8.97. The van der Waals surface area contributed by atoms with Crippen molar-refractivity contribution in [2.75, 3.05) is 0 Å². The van der Waals surface area contributed by atoms with Gasteiger partial charge in [-0.1, -0.05) is 33.6 Å². The molecule has 1 aromatic rings. The van der Waals surface area contributed by atoms with Crippen LogP contribution >= 0.6 is 11.3 Å². The Morgan fingerprint density at radius 1 is 1.29 bits per heavy atom. The first-order valence-electron chi connectivity index (χ1n) is 8.03. The Morgan fingerprint density at radius 3 is 2.67 bits per heavy atom. The van der Waals surface area contributed by atoms with Crippen LogP contribution in [0.2, 0.25) is 0 Å². The van der Waals surface area contributed by atoms with Gasteiger partial charge < -0.3 is 10.6 Å². The SMILES string of the molecule is CCc1ccc(C2C=C(N)ON2C(C)CCCC(C)C)s1. The van der Waals surface area contributed by atoms with E-state index < -0.39 is 0 Å². The van der Waals surface area contributed by atoms with Gasteiger partial charge in [0.2, 0.25) is 5.88 Å². The van der Waals surface area contributed by atoms with Crippen LogP contribution in [-0.4, -0.2) is 11.1 Å². The molecule has 1 aromatic heterocycles. The van der Waals surface area contributed by atoms with Crippen LogP contribution in [0.3, 0.4) is 0 Å². The van der Waals surface area contributed by atoms with Crippen molar-refractivity contribution in [3.05, 3.63) is 33.8 Å². The molecular formula is C17H28N2OS. The Labute approximate surface area is 132 Å². The van der Waals surface area contributed by atoms with Gasteiger partial charge >= 0.3 is 0 Å². The summed E-state index contributed by atoms with van der Waals surface area (Å²) in [5, 5.41) is 2.07. The van der Waals surface area contributed by atoms with Crippen LogP contribution in [0.5, 0.6) is 0 Å². The highest BCUT2D eigenvalue weighted by molar-refractivity contribution is 7.12. The topological polar surface area (TPSA) is 38.5 Å². The Balaban J connectivity index is 2.01. The normalized spacial score (nSPS) is 20.6. The van der Waals surface area contributed by atoms with Crippen LogP contribution in [0.25, 0.3) is 0 Å². The average molecular weight is 308 g/mol. The van der Waals surface area contributed by atoms with Crippen LogP contribution in [0.1, 0.15) is 62.8 Å². The molecule has 0 amide bonds. The van der Waals surface area contributed by atoms with Crippen molar-refractivity contribution in [1.82, 2.24) is 5.06 Å². The summed E-state index contributed by atoms with van der Waals surface area (Å²) >= 11 is 1.86. The monoisotopic (exact) mass is 308 g/mol. The fourth-order valence-corrected chi connectivity index (χ4v) is 3.71. The molecule has 21 heavy (non-hydrogen) atoms. The second-order valence-corrected chi connectivity index (χ2v) is 7.50. The molecule has 3 nitrogen and oxygen atoms in total. The lowest BCUT2D eigenvalue weighted by Crippen LogP contribution is -2.32. The lowest BCUT2D eigenvalue weighted by molar-refractivity contribution is -0.149. The predicted molar refractivity (Wildman–Crippen MR) is 89.8 cm³/mol. The molecule has 2 unspecified atom stereocenters. The van der Waals surface area contributed by atoms with Crippen LogP contribution < -0.4 is 5.73 Å². The van der Waals surface area contributed by atoms with Gasteiger partial charge in [0.25, 0.3) is 0 Å². The van der Waals surface area contributed by atoms with Gasteiger partial charge in [0.15, 0.2) is 0 Å². The standard InChI is InChI=1S/C17H28N2OS/c1-5-14-9-10-16(21-14)15-11-17(18)20-19(15)13(4)8-6-7-12(2)3/h9-13,15H,5-8,18H2,1-4H3. The maximum absolute atomic E-state index is 5.91. The van der Waals surface area contributed by atoms with Gasteiger partial charge in [-0.15, -0.1) is 16.4 Å².